The largest absolute Gasteiger partial charge is 0.372 e. The molecule has 0 saturated heterocycles. The molecule has 0 fully saturated rings. The maximum absolute atomic E-state index is 5.42. The predicted octanol–water partition coefficient (Wildman–Crippen LogP) is 1.70. The highest BCUT2D eigenvalue weighted by atomic mass is 16.5. The molecule has 0 spiro atoms. The molecule has 0 atom stereocenters. The molecule has 0 aliphatic carbocycles. The van der Waals surface area contributed by atoms with E-state index in [9.17, 15) is 0 Å². The van der Waals surface area contributed by atoms with Crippen molar-refractivity contribution in [3.05, 3.63) is 34.9 Å². The summed E-state index contributed by atoms with van der Waals surface area (Å²) in [7, 11) is 8.04. The molecule has 0 amide bonds. The van der Waals surface area contributed by atoms with Crippen molar-refractivity contribution in [2.24, 2.45) is 4.99 Å². The molecule has 98 valence electrons. The summed E-state index contributed by atoms with van der Waals surface area (Å²) in [4.78, 5) is 8.69. The lowest BCUT2D eigenvalue weighted by molar-refractivity contribution is 0.134. The highest BCUT2D eigenvalue weighted by Crippen LogP contribution is 2.21. The van der Waals surface area contributed by atoms with Gasteiger partial charge in [-0.25, -0.2) is 4.99 Å². The molecule has 0 aromatic heterocycles. The van der Waals surface area contributed by atoms with E-state index in [-0.39, 0.29) is 0 Å². The molecule has 2 rings (SSSR count). The van der Waals surface area contributed by atoms with Crippen LogP contribution in [-0.2, 0) is 24.5 Å². The SMILES string of the molecule is CN(C)C(=NCc1ccc2c(c1)COC2)N(C)C. The molecular formula is C14H21N3O. The van der Waals surface area contributed by atoms with E-state index in [4.69, 9.17) is 4.74 Å². The van der Waals surface area contributed by atoms with E-state index < -0.39 is 0 Å². The van der Waals surface area contributed by atoms with Crippen molar-refractivity contribution in [3.8, 4) is 0 Å². The maximum Gasteiger partial charge on any atom is 0.195 e. The summed E-state index contributed by atoms with van der Waals surface area (Å²) >= 11 is 0. The number of ether oxygens (including phenoxy) is 1. The first-order valence-electron chi connectivity index (χ1n) is 6.15. The van der Waals surface area contributed by atoms with Gasteiger partial charge in [-0.05, 0) is 16.7 Å². The molecule has 4 heteroatoms. The molecule has 4 nitrogen and oxygen atoms in total. The lowest BCUT2D eigenvalue weighted by Gasteiger charge is -2.22. The lowest BCUT2D eigenvalue weighted by atomic mass is 10.1. The van der Waals surface area contributed by atoms with E-state index in [1.807, 2.05) is 38.0 Å². The number of hydrogen-bond acceptors (Lipinski definition) is 2. The van der Waals surface area contributed by atoms with Crippen molar-refractivity contribution in [3.63, 3.8) is 0 Å². The molecule has 0 radical (unpaired) electrons. The summed E-state index contributed by atoms with van der Waals surface area (Å²) in [6.45, 7) is 2.19. The maximum atomic E-state index is 5.42. The van der Waals surface area contributed by atoms with Gasteiger partial charge in [-0.2, -0.15) is 0 Å². The van der Waals surface area contributed by atoms with E-state index in [1.54, 1.807) is 0 Å². The van der Waals surface area contributed by atoms with Crippen molar-refractivity contribution in [2.45, 2.75) is 19.8 Å². The second-order valence-corrected chi connectivity index (χ2v) is 5.00. The average molecular weight is 247 g/mol. The number of hydrogen-bond donors (Lipinski definition) is 0. The standard InChI is InChI=1S/C14H21N3O/c1-16(2)14(17(3)4)15-8-11-5-6-12-9-18-10-13(12)7-11/h5-7H,8-10H2,1-4H3. The van der Waals surface area contributed by atoms with Crippen LogP contribution in [0.3, 0.4) is 0 Å². The Labute approximate surface area is 109 Å². The van der Waals surface area contributed by atoms with Gasteiger partial charge < -0.3 is 14.5 Å². The molecule has 0 saturated carbocycles. The summed E-state index contributed by atoms with van der Waals surface area (Å²) in [5, 5.41) is 0. The fourth-order valence-corrected chi connectivity index (χ4v) is 2.17. The summed E-state index contributed by atoms with van der Waals surface area (Å²) in [5.41, 5.74) is 3.85. The van der Waals surface area contributed by atoms with Gasteiger partial charge >= 0.3 is 0 Å². The number of rotatable bonds is 2. The Kier molecular flexibility index (Phi) is 3.87. The third-order valence-corrected chi connectivity index (χ3v) is 2.99. The number of nitrogens with zero attached hydrogens (tertiary/aromatic N) is 3. The Morgan fingerprint density at radius 3 is 2.44 bits per heavy atom. The van der Waals surface area contributed by atoms with Crippen LogP contribution in [0, 0.1) is 0 Å². The van der Waals surface area contributed by atoms with Gasteiger partial charge in [-0.1, -0.05) is 18.2 Å². The van der Waals surface area contributed by atoms with Gasteiger partial charge in [-0.15, -0.1) is 0 Å². The Morgan fingerprint density at radius 2 is 1.78 bits per heavy atom. The van der Waals surface area contributed by atoms with Gasteiger partial charge in [0.2, 0.25) is 0 Å². The fraction of sp³-hybridized carbons (Fsp3) is 0.500. The third-order valence-electron chi connectivity index (χ3n) is 2.99. The first-order valence-corrected chi connectivity index (χ1v) is 6.15. The predicted molar refractivity (Wildman–Crippen MR) is 73.4 cm³/mol. The number of guanidine groups is 1. The van der Waals surface area contributed by atoms with Crippen LogP contribution >= 0.6 is 0 Å². The lowest BCUT2D eigenvalue weighted by Crippen LogP contribution is -2.35. The normalized spacial score (nSPS) is 13.1. The van der Waals surface area contributed by atoms with Crippen LogP contribution in [0.5, 0.6) is 0 Å². The molecule has 0 unspecified atom stereocenters. The highest BCUT2D eigenvalue weighted by Gasteiger charge is 2.11. The molecule has 0 bridgehead atoms. The monoisotopic (exact) mass is 247 g/mol. The Balaban J connectivity index is 2.12. The summed E-state index contributed by atoms with van der Waals surface area (Å²) in [6, 6.07) is 6.49. The number of aliphatic imine (C=N–C) groups is 1. The summed E-state index contributed by atoms with van der Waals surface area (Å²) < 4.78 is 5.42. The summed E-state index contributed by atoms with van der Waals surface area (Å²) in [5.74, 6) is 0.978. The Bertz CT molecular complexity index is 442. The van der Waals surface area contributed by atoms with Crippen molar-refractivity contribution in [1.29, 1.82) is 0 Å². The zero-order chi connectivity index (χ0) is 13.1. The van der Waals surface area contributed by atoms with Gasteiger partial charge in [0.1, 0.15) is 0 Å². The molecule has 18 heavy (non-hydrogen) atoms. The zero-order valence-electron chi connectivity index (χ0n) is 11.6. The van der Waals surface area contributed by atoms with Crippen molar-refractivity contribution in [2.75, 3.05) is 28.2 Å². The first-order chi connectivity index (χ1) is 8.58. The van der Waals surface area contributed by atoms with Crippen molar-refractivity contribution < 1.29 is 4.74 Å². The van der Waals surface area contributed by atoms with Gasteiger partial charge in [-0.3, -0.25) is 0 Å². The van der Waals surface area contributed by atoms with Gasteiger partial charge in [0.25, 0.3) is 0 Å². The van der Waals surface area contributed by atoms with Gasteiger partial charge in [0.15, 0.2) is 5.96 Å². The van der Waals surface area contributed by atoms with Crippen LogP contribution in [0.2, 0.25) is 0 Å². The molecule has 1 aromatic rings. The Hall–Kier alpha value is -1.55. The second kappa shape index (κ2) is 5.40. The second-order valence-electron chi connectivity index (χ2n) is 5.00. The number of benzene rings is 1. The van der Waals surface area contributed by atoms with Crippen LogP contribution in [0.4, 0.5) is 0 Å². The summed E-state index contributed by atoms with van der Waals surface area (Å²) in [6.07, 6.45) is 0. The first kappa shape index (κ1) is 12.9. The van der Waals surface area contributed by atoms with E-state index in [2.05, 4.69) is 23.2 Å². The van der Waals surface area contributed by atoms with E-state index >= 15 is 0 Å². The van der Waals surface area contributed by atoms with Crippen molar-refractivity contribution >= 4 is 5.96 Å². The average Bonchev–Trinajstić information content (AvgIpc) is 2.75. The molecule has 1 aliphatic rings. The molecule has 0 N–H and O–H groups in total. The minimum Gasteiger partial charge on any atom is -0.372 e. The van der Waals surface area contributed by atoms with Gasteiger partial charge in [0, 0.05) is 28.2 Å². The minimum atomic E-state index is 0.707. The van der Waals surface area contributed by atoms with E-state index in [0.717, 1.165) is 19.2 Å². The molecule has 1 aromatic carbocycles. The zero-order valence-corrected chi connectivity index (χ0v) is 11.6. The number of fused-ring (bicyclic) bond motifs is 1. The topological polar surface area (TPSA) is 28.1 Å². The quantitative estimate of drug-likeness (QED) is 0.588. The van der Waals surface area contributed by atoms with Crippen LogP contribution in [0.25, 0.3) is 0 Å². The van der Waals surface area contributed by atoms with Crippen LogP contribution in [0.15, 0.2) is 23.2 Å². The van der Waals surface area contributed by atoms with E-state index in [0.29, 0.717) is 6.54 Å². The van der Waals surface area contributed by atoms with Crippen LogP contribution < -0.4 is 0 Å². The molecule has 1 heterocycles. The molecular weight excluding hydrogens is 226 g/mol. The van der Waals surface area contributed by atoms with Crippen molar-refractivity contribution in [1.82, 2.24) is 9.80 Å². The highest BCUT2D eigenvalue weighted by molar-refractivity contribution is 5.79. The van der Waals surface area contributed by atoms with Gasteiger partial charge in [0.05, 0.1) is 19.8 Å². The molecule has 1 aliphatic heterocycles. The smallest absolute Gasteiger partial charge is 0.195 e. The minimum absolute atomic E-state index is 0.707. The fourth-order valence-electron chi connectivity index (χ4n) is 2.17. The van der Waals surface area contributed by atoms with Crippen LogP contribution in [-0.4, -0.2) is 44.0 Å². The van der Waals surface area contributed by atoms with Crippen LogP contribution in [0.1, 0.15) is 16.7 Å². The van der Waals surface area contributed by atoms with E-state index in [1.165, 1.54) is 16.7 Å². The Morgan fingerprint density at radius 1 is 1.11 bits per heavy atom. The third kappa shape index (κ3) is 2.82.